The fraction of sp³-hybridized carbons (Fsp3) is 0.333. The number of benzene rings is 1. The summed E-state index contributed by atoms with van der Waals surface area (Å²) in [6.45, 7) is 1.54. The van der Waals surface area contributed by atoms with Crippen LogP contribution in [0.15, 0.2) is 30.3 Å². The number of rotatable bonds is 4. The van der Waals surface area contributed by atoms with Crippen molar-refractivity contribution in [3.8, 4) is 0 Å². The third-order valence-electron chi connectivity index (χ3n) is 2.35. The van der Waals surface area contributed by atoms with Gasteiger partial charge in [0.05, 0.1) is 7.11 Å². The van der Waals surface area contributed by atoms with Gasteiger partial charge in [-0.25, -0.2) is 4.79 Å². The lowest BCUT2D eigenvalue weighted by Gasteiger charge is -2.16. The van der Waals surface area contributed by atoms with Gasteiger partial charge in [-0.05, 0) is 12.5 Å². The summed E-state index contributed by atoms with van der Waals surface area (Å²) in [7, 11) is 1.27. The monoisotopic (exact) mass is 272 g/mol. The van der Waals surface area contributed by atoms with E-state index in [1.165, 1.54) is 7.11 Å². The molecular weight excluding hydrogens is 256 g/mol. The van der Waals surface area contributed by atoms with Crippen LogP contribution in [0.3, 0.4) is 0 Å². The molecular formula is C12H17ClN2O3. The molecule has 1 rings (SSSR count). The summed E-state index contributed by atoms with van der Waals surface area (Å²) in [4.78, 5) is 22.9. The number of halogens is 1. The van der Waals surface area contributed by atoms with E-state index < -0.39 is 24.0 Å². The smallest absolute Gasteiger partial charge is 0.328 e. The summed E-state index contributed by atoms with van der Waals surface area (Å²) in [5.41, 5.74) is 6.46. The van der Waals surface area contributed by atoms with Crippen molar-refractivity contribution < 1.29 is 14.3 Å². The third-order valence-corrected chi connectivity index (χ3v) is 2.35. The van der Waals surface area contributed by atoms with Gasteiger partial charge in [-0.1, -0.05) is 30.3 Å². The highest BCUT2D eigenvalue weighted by Gasteiger charge is 2.21. The predicted octanol–water partition coefficient (Wildman–Crippen LogP) is 0.786. The van der Waals surface area contributed by atoms with Crippen molar-refractivity contribution in [2.24, 2.45) is 5.73 Å². The van der Waals surface area contributed by atoms with E-state index in [-0.39, 0.29) is 12.4 Å². The number of carbonyl (C=O) groups is 2. The lowest BCUT2D eigenvalue weighted by atomic mass is 10.1. The average Bonchev–Trinajstić information content (AvgIpc) is 2.37. The summed E-state index contributed by atoms with van der Waals surface area (Å²) in [6, 6.07) is 7.45. The molecule has 1 aromatic rings. The molecule has 6 heteroatoms. The number of nitrogens with one attached hydrogen (secondary N) is 1. The number of hydrogen-bond acceptors (Lipinski definition) is 4. The van der Waals surface area contributed by atoms with Gasteiger partial charge in [-0.3, -0.25) is 4.79 Å². The molecule has 3 N–H and O–H groups in total. The Bertz CT molecular complexity index is 398. The molecule has 100 valence electrons. The highest BCUT2D eigenvalue weighted by atomic mass is 35.5. The van der Waals surface area contributed by atoms with Gasteiger partial charge in [0.15, 0.2) is 0 Å². The molecule has 0 heterocycles. The first-order chi connectivity index (χ1) is 8.06. The first kappa shape index (κ1) is 16.4. The zero-order valence-corrected chi connectivity index (χ0v) is 11.1. The fourth-order valence-electron chi connectivity index (χ4n) is 1.35. The molecule has 0 radical (unpaired) electrons. The van der Waals surface area contributed by atoms with Crippen molar-refractivity contribution in [1.82, 2.24) is 5.32 Å². The number of carbonyl (C=O) groups excluding carboxylic acids is 2. The molecule has 0 spiro atoms. The van der Waals surface area contributed by atoms with E-state index in [0.29, 0.717) is 5.56 Å². The summed E-state index contributed by atoms with van der Waals surface area (Å²) in [5, 5.41) is 2.49. The Morgan fingerprint density at radius 2 is 1.83 bits per heavy atom. The molecule has 5 nitrogen and oxygen atoms in total. The summed E-state index contributed by atoms with van der Waals surface area (Å²) >= 11 is 0. The molecule has 0 aromatic heterocycles. The topological polar surface area (TPSA) is 81.4 Å². The number of esters is 1. The quantitative estimate of drug-likeness (QED) is 0.794. The predicted molar refractivity (Wildman–Crippen MR) is 70.2 cm³/mol. The minimum atomic E-state index is -0.789. The van der Waals surface area contributed by atoms with Crippen LogP contribution in [0.5, 0.6) is 0 Å². The molecule has 1 unspecified atom stereocenters. The van der Waals surface area contributed by atoms with Gasteiger partial charge < -0.3 is 15.8 Å². The number of hydrogen-bond donors (Lipinski definition) is 2. The third kappa shape index (κ3) is 4.35. The Labute approximate surface area is 112 Å². The summed E-state index contributed by atoms with van der Waals surface area (Å²) in [6.07, 6.45) is 0. The summed E-state index contributed by atoms with van der Waals surface area (Å²) in [5.74, 6) is -0.910. The first-order valence-electron chi connectivity index (χ1n) is 5.25. The zero-order chi connectivity index (χ0) is 12.8. The van der Waals surface area contributed by atoms with E-state index in [1.54, 1.807) is 31.2 Å². The van der Waals surface area contributed by atoms with E-state index in [9.17, 15) is 9.59 Å². The van der Waals surface area contributed by atoms with E-state index >= 15 is 0 Å². The van der Waals surface area contributed by atoms with Gasteiger partial charge in [-0.2, -0.15) is 0 Å². The maximum atomic E-state index is 11.7. The Hall–Kier alpha value is -1.59. The van der Waals surface area contributed by atoms with Gasteiger partial charge >= 0.3 is 5.97 Å². The van der Waals surface area contributed by atoms with Gasteiger partial charge in [0.1, 0.15) is 12.1 Å². The van der Waals surface area contributed by atoms with E-state index in [2.05, 4.69) is 10.1 Å². The second kappa shape index (κ2) is 7.68. The molecule has 0 saturated heterocycles. The Kier molecular flexibility index (Phi) is 7.00. The highest BCUT2D eigenvalue weighted by Crippen LogP contribution is 2.09. The minimum absolute atomic E-state index is 0. The van der Waals surface area contributed by atoms with Crippen LogP contribution in [-0.2, 0) is 14.3 Å². The van der Waals surface area contributed by atoms with Crippen LogP contribution < -0.4 is 11.1 Å². The van der Waals surface area contributed by atoms with Gasteiger partial charge in [-0.15, -0.1) is 12.4 Å². The van der Waals surface area contributed by atoms with E-state index in [0.717, 1.165) is 0 Å². The lowest BCUT2D eigenvalue weighted by molar-refractivity contribution is -0.144. The molecule has 1 aromatic carbocycles. The standard InChI is InChI=1S/C12H16N2O3.ClH/c1-8(12(16)17-2)14-11(15)10(13)9-6-4-3-5-7-9;/h3-8,10H,13H2,1-2H3,(H,14,15);1H/t8-,10?;/m0./s1. The van der Waals surface area contributed by atoms with E-state index in [1.807, 2.05) is 6.07 Å². The van der Waals surface area contributed by atoms with Crippen molar-refractivity contribution in [3.63, 3.8) is 0 Å². The van der Waals surface area contributed by atoms with Crippen LogP contribution in [0.25, 0.3) is 0 Å². The van der Waals surface area contributed by atoms with Crippen molar-refractivity contribution in [2.75, 3.05) is 7.11 Å². The van der Waals surface area contributed by atoms with Gasteiger partial charge in [0.2, 0.25) is 5.91 Å². The molecule has 0 fully saturated rings. The zero-order valence-electron chi connectivity index (χ0n) is 10.3. The van der Waals surface area contributed by atoms with Crippen molar-refractivity contribution in [1.29, 1.82) is 0 Å². The Morgan fingerprint density at radius 3 is 2.33 bits per heavy atom. The molecule has 2 atom stereocenters. The van der Waals surface area contributed by atoms with Crippen molar-refractivity contribution >= 4 is 24.3 Å². The van der Waals surface area contributed by atoms with Gasteiger partial charge in [0.25, 0.3) is 0 Å². The summed E-state index contributed by atoms with van der Waals surface area (Å²) < 4.78 is 4.50. The number of ether oxygens (including phenoxy) is 1. The second-order valence-electron chi connectivity index (χ2n) is 3.64. The maximum absolute atomic E-state index is 11.7. The maximum Gasteiger partial charge on any atom is 0.328 e. The lowest BCUT2D eigenvalue weighted by Crippen LogP contribution is -2.43. The van der Waals surface area contributed by atoms with Crippen LogP contribution in [-0.4, -0.2) is 25.0 Å². The molecule has 18 heavy (non-hydrogen) atoms. The van der Waals surface area contributed by atoms with Crippen LogP contribution in [0, 0.1) is 0 Å². The second-order valence-corrected chi connectivity index (χ2v) is 3.64. The molecule has 1 amide bonds. The van der Waals surface area contributed by atoms with Crippen LogP contribution in [0.2, 0.25) is 0 Å². The first-order valence-corrected chi connectivity index (χ1v) is 5.25. The average molecular weight is 273 g/mol. The van der Waals surface area contributed by atoms with Crippen molar-refractivity contribution in [3.05, 3.63) is 35.9 Å². The van der Waals surface area contributed by atoms with Crippen LogP contribution in [0.1, 0.15) is 18.5 Å². The minimum Gasteiger partial charge on any atom is -0.467 e. The van der Waals surface area contributed by atoms with Crippen LogP contribution >= 0.6 is 12.4 Å². The molecule has 0 aliphatic heterocycles. The normalized spacial score (nSPS) is 12.8. The number of amides is 1. The fourth-order valence-corrected chi connectivity index (χ4v) is 1.35. The molecule has 0 aliphatic rings. The Morgan fingerprint density at radius 1 is 1.28 bits per heavy atom. The van der Waals surface area contributed by atoms with Gasteiger partial charge in [0, 0.05) is 0 Å². The number of nitrogens with two attached hydrogens (primary N) is 1. The van der Waals surface area contributed by atoms with Crippen molar-refractivity contribution in [2.45, 2.75) is 19.0 Å². The Balaban J connectivity index is 0.00000289. The largest absolute Gasteiger partial charge is 0.467 e. The number of methoxy groups -OCH3 is 1. The molecule has 0 aliphatic carbocycles. The highest BCUT2D eigenvalue weighted by molar-refractivity contribution is 5.87. The SMILES string of the molecule is COC(=O)[C@H](C)NC(=O)C(N)c1ccccc1.Cl. The van der Waals surface area contributed by atoms with Crippen LogP contribution in [0.4, 0.5) is 0 Å². The molecule has 0 saturated carbocycles. The molecule has 0 bridgehead atoms. The van der Waals surface area contributed by atoms with E-state index in [4.69, 9.17) is 5.73 Å².